The van der Waals surface area contributed by atoms with Gasteiger partial charge in [-0.3, -0.25) is 9.59 Å². The van der Waals surface area contributed by atoms with E-state index in [-0.39, 0.29) is 0 Å². The minimum Gasteiger partial charge on any atom is -0.497 e. The van der Waals surface area contributed by atoms with Gasteiger partial charge in [0.05, 0.1) is 13.5 Å². The third-order valence-corrected chi connectivity index (χ3v) is 2.16. The van der Waals surface area contributed by atoms with E-state index in [4.69, 9.17) is 14.9 Å². The Kier molecular flexibility index (Phi) is 4.94. The quantitative estimate of drug-likeness (QED) is 0.526. The lowest BCUT2D eigenvalue weighted by molar-refractivity contribution is -0.145. The second kappa shape index (κ2) is 6.45. The number of ether oxygens (including phenoxy) is 1. The van der Waals surface area contributed by atoms with Gasteiger partial charge >= 0.3 is 11.9 Å². The summed E-state index contributed by atoms with van der Waals surface area (Å²) in [4.78, 5) is 21.2. The Morgan fingerprint density at radius 3 is 2.33 bits per heavy atom. The molecule has 1 aromatic rings. The zero-order valence-corrected chi connectivity index (χ0v) is 9.71. The van der Waals surface area contributed by atoms with Gasteiger partial charge in [0.2, 0.25) is 0 Å². The van der Waals surface area contributed by atoms with Crippen LogP contribution < -0.4 is 15.6 Å². The highest BCUT2D eigenvalue weighted by molar-refractivity contribution is 5.80. The van der Waals surface area contributed by atoms with E-state index in [1.807, 2.05) is 0 Å². The molecule has 1 atom stereocenters. The van der Waals surface area contributed by atoms with Gasteiger partial charge in [-0.2, -0.15) is 0 Å². The molecule has 0 saturated carbocycles. The van der Waals surface area contributed by atoms with Crippen molar-refractivity contribution in [1.82, 2.24) is 5.43 Å². The summed E-state index contributed by atoms with van der Waals surface area (Å²) in [5.74, 6) is -1.76. The molecule has 0 bridgehead atoms. The SMILES string of the molecule is COc1ccc(NN[C@@H](CC(=O)O)C(=O)O)cc1. The number of hydrazine groups is 1. The van der Waals surface area contributed by atoms with Crippen LogP contribution in [0.2, 0.25) is 0 Å². The van der Waals surface area contributed by atoms with Crippen LogP contribution in [0, 0.1) is 0 Å². The van der Waals surface area contributed by atoms with Gasteiger partial charge in [0.1, 0.15) is 11.8 Å². The highest BCUT2D eigenvalue weighted by Crippen LogP contribution is 2.14. The number of hydrogen-bond donors (Lipinski definition) is 4. The molecule has 0 aliphatic heterocycles. The number of benzene rings is 1. The Bertz CT molecular complexity index is 418. The number of rotatable bonds is 7. The van der Waals surface area contributed by atoms with Crippen molar-refractivity contribution >= 4 is 17.6 Å². The van der Waals surface area contributed by atoms with Crippen molar-refractivity contribution < 1.29 is 24.5 Å². The number of anilines is 1. The average molecular weight is 254 g/mol. The Hall–Kier alpha value is -2.28. The molecule has 0 fully saturated rings. The van der Waals surface area contributed by atoms with E-state index in [2.05, 4.69) is 10.9 Å². The summed E-state index contributed by atoms with van der Waals surface area (Å²) in [7, 11) is 1.54. The van der Waals surface area contributed by atoms with Gasteiger partial charge in [0.25, 0.3) is 0 Å². The van der Waals surface area contributed by atoms with Gasteiger partial charge in [0.15, 0.2) is 0 Å². The molecule has 4 N–H and O–H groups in total. The van der Waals surface area contributed by atoms with Crippen LogP contribution in [0.25, 0.3) is 0 Å². The summed E-state index contributed by atoms with van der Waals surface area (Å²) >= 11 is 0. The molecule has 1 aromatic carbocycles. The highest BCUT2D eigenvalue weighted by atomic mass is 16.5. The first-order chi connectivity index (χ1) is 8.52. The van der Waals surface area contributed by atoms with Crippen molar-refractivity contribution in [2.45, 2.75) is 12.5 Å². The third-order valence-electron chi connectivity index (χ3n) is 2.16. The van der Waals surface area contributed by atoms with Crippen LogP contribution in [-0.2, 0) is 9.59 Å². The summed E-state index contributed by atoms with van der Waals surface area (Å²) in [5.41, 5.74) is 5.67. The summed E-state index contributed by atoms with van der Waals surface area (Å²) < 4.78 is 4.97. The molecule has 1 rings (SSSR count). The molecular weight excluding hydrogens is 240 g/mol. The molecular formula is C11H14N2O5. The monoisotopic (exact) mass is 254 g/mol. The topological polar surface area (TPSA) is 108 Å². The van der Waals surface area contributed by atoms with Crippen molar-refractivity contribution in [2.24, 2.45) is 0 Å². The van der Waals surface area contributed by atoms with E-state index in [9.17, 15) is 9.59 Å². The van der Waals surface area contributed by atoms with Crippen molar-refractivity contribution in [2.75, 3.05) is 12.5 Å². The van der Waals surface area contributed by atoms with Crippen LogP contribution in [0.3, 0.4) is 0 Å². The lowest BCUT2D eigenvalue weighted by Gasteiger charge is -2.14. The van der Waals surface area contributed by atoms with Gasteiger partial charge in [-0.15, -0.1) is 0 Å². The molecule has 0 heterocycles. The van der Waals surface area contributed by atoms with E-state index in [0.717, 1.165) is 0 Å². The third kappa shape index (κ3) is 4.30. The number of carboxylic acid groups (broad SMARTS) is 2. The van der Waals surface area contributed by atoms with Crippen molar-refractivity contribution in [1.29, 1.82) is 0 Å². The van der Waals surface area contributed by atoms with Crippen LogP contribution in [-0.4, -0.2) is 35.3 Å². The average Bonchev–Trinajstić information content (AvgIpc) is 2.34. The first kappa shape index (κ1) is 13.8. The maximum Gasteiger partial charge on any atom is 0.323 e. The summed E-state index contributed by atoms with van der Waals surface area (Å²) in [6.07, 6.45) is -0.515. The maximum atomic E-state index is 10.8. The number of carbonyl (C=O) groups is 2. The Labute approximate surface area is 103 Å². The van der Waals surface area contributed by atoms with E-state index < -0.39 is 24.4 Å². The van der Waals surface area contributed by atoms with Crippen molar-refractivity contribution in [3.05, 3.63) is 24.3 Å². The smallest absolute Gasteiger partial charge is 0.323 e. The van der Waals surface area contributed by atoms with E-state index >= 15 is 0 Å². The fourth-order valence-corrected chi connectivity index (χ4v) is 1.22. The van der Waals surface area contributed by atoms with Gasteiger partial charge in [-0.05, 0) is 24.3 Å². The molecule has 0 aliphatic carbocycles. The Balaban J connectivity index is 2.55. The van der Waals surface area contributed by atoms with E-state index in [1.54, 1.807) is 24.3 Å². The summed E-state index contributed by atoms with van der Waals surface area (Å²) in [6, 6.07) is 5.52. The van der Waals surface area contributed by atoms with Crippen LogP contribution in [0.5, 0.6) is 5.75 Å². The second-order valence-electron chi connectivity index (χ2n) is 3.49. The molecule has 98 valence electrons. The first-order valence-electron chi connectivity index (χ1n) is 5.13. The van der Waals surface area contributed by atoms with Gasteiger partial charge in [0, 0.05) is 5.69 Å². The molecule has 0 spiro atoms. The Morgan fingerprint density at radius 2 is 1.89 bits per heavy atom. The van der Waals surface area contributed by atoms with Gasteiger partial charge < -0.3 is 20.4 Å². The lowest BCUT2D eigenvalue weighted by Crippen LogP contribution is -2.41. The van der Waals surface area contributed by atoms with Crippen LogP contribution in [0.15, 0.2) is 24.3 Å². The minimum absolute atomic E-state index is 0.515. The van der Waals surface area contributed by atoms with Crippen molar-refractivity contribution in [3.63, 3.8) is 0 Å². The fourth-order valence-electron chi connectivity index (χ4n) is 1.22. The number of nitrogens with one attached hydrogen (secondary N) is 2. The number of hydrogen-bond acceptors (Lipinski definition) is 5. The predicted octanol–water partition coefficient (Wildman–Crippen LogP) is 0.540. The standard InChI is InChI=1S/C11H14N2O5/c1-18-8-4-2-7(3-5-8)12-13-9(11(16)17)6-10(14)15/h2-5,9,12-13H,6H2,1H3,(H,14,15)(H,16,17)/t9-/m0/s1. The summed E-state index contributed by atoms with van der Waals surface area (Å²) in [5, 5.41) is 17.3. The van der Waals surface area contributed by atoms with Gasteiger partial charge in [-0.25, -0.2) is 5.43 Å². The number of methoxy groups -OCH3 is 1. The van der Waals surface area contributed by atoms with Crippen molar-refractivity contribution in [3.8, 4) is 5.75 Å². The highest BCUT2D eigenvalue weighted by Gasteiger charge is 2.20. The molecule has 0 saturated heterocycles. The first-order valence-corrected chi connectivity index (χ1v) is 5.13. The maximum absolute atomic E-state index is 10.8. The number of carboxylic acids is 2. The molecule has 0 amide bonds. The molecule has 0 aliphatic rings. The second-order valence-corrected chi connectivity index (χ2v) is 3.49. The lowest BCUT2D eigenvalue weighted by atomic mass is 10.2. The number of aliphatic carboxylic acids is 2. The normalized spacial score (nSPS) is 11.6. The largest absolute Gasteiger partial charge is 0.497 e. The van der Waals surface area contributed by atoms with E-state index in [1.165, 1.54) is 7.11 Å². The zero-order valence-electron chi connectivity index (χ0n) is 9.71. The zero-order chi connectivity index (χ0) is 13.5. The fraction of sp³-hybridized carbons (Fsp3) is 0.273. The molecule has 0 radical (unpaired) electrons. The van der Waals surface area contributed by atoms with Crippen LogP contribution in [0.4, 0.5) is 5.69 Å². The molecule has 7 nitrogen and oxygen atoms in total. The molecule has 7 heteroatoms. The minimum atomic E-state index is -1.24. The molecule has 18 heavy (non-hydrogen) atoms. The molecule has 0 aromatic heterocycles. The summed E-state index contributed by atoms with van der Waals surface area (Å²) in [6.45, 7) is 0. The van der Waals surface area contributed by atoms with Crippen LogP contribution >= 0.6 is 0 Å². The van der Waals surface area contributed by atoms with Gasteiger partial charge in [-0.1, -0.05) is 0 Å². The van der Waals surface area contributed by atoms with E-state index in [0.29, 0.717) is 11.4 Å². The predicted molar refractivity (Wildman–Crippen MR) is 63.4 cm³/mol. The molecule has 0 unspecified atom stereocenters. The van der Waals surface area contributed by atoms with Crippen LogP contribution in [0.1, 0.15) is 6.42 Å². The Morgan fingerprint density at radius 1 is 1.28 bits per heavy atom.